The number of aromatic nitrogens is 3. The highest BCUT2D eigenvalue weighted by molar-refractivity contribution is 5.76. The van der Waals surface area contributed by atoms with Crippen LogP contribution in [-0.2, 0) is 17.8 Å². The summed E-state index contributed by atoms with van der Waals surface area (Å²) in [6.45, 7) is 4.68. The topological polar surface area (TPSA) is 51.0 Å². The van der Waals surface area contributed by atoms with E-state index in [1.54, 1.807) is 11.0 Å². The van der Waals surface area contributed by atoms with E-state index in [9.17, 15) is 4.79 Å². The number of carbonyl (C=O) groups is 1. The average Bonchev–Trinajstić information content (AvgIpc) is 3.10. The van der Waals surface area contributed by atoms with Crippen molar-refractivity contribution >= 4 is 5.91 Å². The van der Waals surface area contributed by atoms with Gasteiger partial charge in [0.25, 0.3) is 0 Å². The molecule has 128 valence electrons. The molecule has 3 rings (SSSR count). The molecule has 1 atom stereocenters. The number of carbonyl (C=O) groups excluding carboxylic acids is 1. The van der Waals surface area contributed by atoms with E-state index >= 15 is 0 Å². The van der Waals surface area contributed by atoms with Crippen molar-refractivity contribution in [1.82, 2.24) is 19.7 Å². The smallest absolute Gasteiger partial charge is 0.222 e. The number of benzene rings is 1. The van der Waals surface area contributed by atoms with Crippen LogP contribution in [0.25, 0.3) is 0 Å². The number of aryl methyl sites for hydroxylation is 2. The van der Waals surface area contributed by atoms with Crippen molar-refractivity contribution in [3.05, 3.63) is 48.0 Å². The highest BCUT2D eigenvalue weighted by Gasteiger charge is 2.23. The summed E-state index contributed by atoms with van der Waals surface area (Å²) in [5.41, 5.74) is 2.68. The fourth-order valence-corrected chi connectivity index (χ4v) is 3.41. The molecule has 0 radical (unpaired) electrons. The summed E-state index contributed by atoms with van der Waals surface area (Å²) in [5.74, 6) is 0.865. The summed E-state index contributed by atoms with van der Waals surface area (Å²) in [6.07, 6.45) is 8.05. The minimum absolute atomic E-state index is 0.281. The largest absolute Gasteiger partial charge is 0.342 e. The minimum atomic E-state index is 0.281. The molecule has 1 aromatic heterocycles. The summed E-state index contributed by atoms with van der Waals surface area (Å²) in [7, 11) is 0. The number of piperidine rings is 1. The zero-order valence-corrected chi connectivity index (χ0v) is 14.4. The first kappa shape index (κ1) is 16.7. The normalized spacial score (nSPS) is 17.9. The van der Waals surface area contributed by atoms with Gasteiger partial charge in [-0.3, -0.25) is 9.48 Å². The lowest BCUT2D eigenvalue weighted by molar-refractivity contribution is -0.133. The molecule has 1 amide bonds. The fourth-order valence-electron chi connectivity index (χ4n) is 3.41. The predicted octanol–water partition coefficient (Wildman–Crippen LogP) is 2.85. The van der Waals surface area contributed by atoms with E-state index in [-0.39, 0.29) is 5.91 Å². The molecular weight excluding hydrogens is 300 g/mol. The Bertz CT molecular complexity index is 636. The maximum absolute atomic E-state index is 12.4. The number of amides is 1. The third-order valence-corrected chi connectivity index (χ3v) is 4.76. The van der Waals surface area contributed by atoms with E-state index < -0.39 is 0 Å². The van der Waals surface area contributed by atoms with Gasteiger partial charge in [-0.15, -0.1) is 0 Å². The van der Waals surface area contributed by atoms with Crippen molar-refractivity contribution in [1.29, 1.82) is 0 Å². The van der Waals surface area contributed by atoms with E-state index in [2.05, 4.69) is 46.2 Å². The Labute approximate surface area is 143 Å². The second-order valence-corrected chi connectivity index (χ2v) is 6.80. The van der Waals surface area contributed by atoms with Crippen LogP contribution in [0.5, 0.6) is 0 Å². The molecule has 1 aliphatic rings. The zero-order chi connectivity index (χ0) is 16.8. The molecule has 24 heavy (non-hydrogen) atoms. The van der Waals surface area contributed by atoms with Crippen molar-refractivity contribution in [3.63, 3.8) is 0 Å². The van der Waals surface area contributed by atoms with E-state index in [4.69, 9.17) is 0 Å². The number of likely N-dealkylation sites (tertiary alicyclic amines) is 1. The molecule has 1 saturated heterocycles. The van der Waals surface area contributed by atoms with Gasteiger partial charge >= 0.3 is 0 Å². The zero-order valence-electron chi connectivity index (χ0n) is 14.4. The highest BCUT2D eigenvalue weighted by atomic mass is 16.2. The average molecular weight is 326 g/mol. The molecule has 2 heterocycles. The minimum Gasteiger partial charge on any atom is -0.342 e. The second kappa shape index (κ2) is 8.08. The maximum Gasteiger partial charge on any atom is 0.222 e. The van der Waals surface area contributed by atoms with Crippen molar-refractivity contribution in [2.24, 2.45) is 5.92 Å². The quantitative estimate of drug-likeness (QED) is 0.820. The molecule has 0 bridgehead atoms. The standard InChI is InChI=1S/C19H26N4O/c1-16-6-8-17(9-7-16)12-18-4-2-10-22(13-18)19(24)5-3-11-23-15-20-14-21-23/h6-9,14-15,18H,2-5,10-13H2,1H3. The number of nitrogens with zero attached hydrogens (tertiary/aromatic N) is 4. The van der Waals surface area contributed by atoms with Gasteiger partial charge < -0.3 is 4.90 Å². The van der Waals surface area contributed by atoms with Crippen molar-refractivity contribution in [3.8, 4) is 0 Å². The van der Waals surface area contributed by atoms with Gasteiger partial charge in [-0.05, 0) is 44.1 Å². The fraction of sp³-hybridized carbons (Fsp3) is 0.526. The molecule has 0 spiro atoms. The number of hydrogen-bond donors (Lipinski definition) is 0. The van der Waals surface area contributed by atoms with Crippen molar-refractivity contribution < 1.29 is 4.79 Å². The molecule has 0 saturated carbocycles. The Balaban J connectivity index is 1.45. The van der Waals surface area contributed by atoms with Crippen LogP contribution in [-0.4, -0.2) is 38.7 Å². The summed E-state index contributed by atoms with van der Waals surface area (Å²) in [5, 5.41) is 4.07. The van der Waals surface area contributed by atoms with Crippen LogP contribution >= 0.6 is 0 Å². The van der Waals surface area contributed by atoms with Crippen molar-refractivity contribution in [2.75, 3.05) is 13.1 Å². The van der Waals surface area contributed by atoms with Gasteiger partial charge in [0.15, 0.2) is 0 Å². The van der Waals surface area contributed by atoms with Gasteiger partial charge in [-0.25, -0.2) is 4.98 Å². The molecule has 0 N–H and O–H groups in total. The first-order valence-electron chi connectivity index (χ1n) is 8.86. The van der Waals surface area contributed by atoms with Gasteiger partial charge in [-0.2, -0.15) is 5.10 Å². The molecule has 5 heteroatoms. The summed E-state index contributed by atoms with van der Waals surface area (Å²) < 4.78 is 1.78. The van der Waals surface area contributed by atoms with Gasteiger partial charge in [0.2, 0.25) is 5.91 Å². The second-order valence-electron chi connectivity index (χ2n) is 6.80. The van der Waals surface area contributed by atoms with Crippen LogP contribution in [0.4, 0.5) is 0 Å². The van der Waals surface area contributed by atoms with Crippen LogP contribution < -0.4 is 0 Å². The molecule has 1 aromatic carbocycles. The Hall–Kier alpha value is -2.17. The van der Waals surface area contributed by atoms with Crippen LogP contribution in [0.1, 0.15) is 36.8 Å². The first-order valence-corrected chi connectivity index (χ1v) is 8.86. The summed E-state index contributed by atoms with van der Waals surface area (Å²) in [6, 6.07) is 8.78. The molecule has 2 aromatic rings. The number of rotatable bonds is 6. The SMILES string of the molecule is Cc1ccc(CC2CCCN(C(=O)CCCn3cncn3)C2)cc1. The van der Waals surface area contributed by atoms with Gasteiger partial charge in [0.05, 0.1) is 0 Å². The maximum atomic E-state index is 12.4. The van der Waals surface area contributed by atoms with Crippen LogP contribution in [0.3, 0.4) is 0 Å². The van der Waals surface area contributed by atoms with E-state index in [0.717, 1.165) is 38.9 Å². The predicted molar refractivity (Wildman–Crippen MR) is 93.4 cm³/mol. The van der Waals surface area contributed by atoms with Gasteiger partial charge in [0, 0.05) is 26.1 Å². The van der Waals surface area contributed by atoms with Crippen LogP contribution in [0.15, 0.2) is 36.9 Å². The lowest BCUT2D eigenvalue weighted by atomic mass is 9.91. The third-order valence-electron chi connectivity index (χ3n) is 4.76. The summed E-state index contributed by atoms with van der Waals surface area (Å²) >= 11 is 0. The molecular formula is C19H26N4O. The third kappa shape index (κ3) is 4.66. The molecule has 1 unspecified atom stereocenters. The van der Waals surface area contributed by atoms with E-state index in [1.807, 2.05) is 0 Å². The highest BCUT2D eigenvalue weighted by Crippen LogP contribution is 2.22. The van der Waals surface area contributed by atoms with Crippen LogP contribution in [0.2, 0.25) is 0 Å². The summed E-state index contributed by atoms with van der Waals surface area (Å²) in [4.78, 5) is 18.4. The molecule has 0 aliphatic carbocycles. The number of hydrogen-bond acceptors (Lipinski definition) is 3. The molecule has 1 aliphatic heterocycles. The Kier molecular flexibility index (Phi) is 5.62. The Morgan fingerprint density at radius 2 is 2.12 bits per heavy atom. The van der Waals surface area contributed by atoms with E-state index in [0.29, 0.717) is 12.3 Å². The van der Waals surface area contributed by atoms with E-state index in [1.165, 1.54) is 23.9 Å². The van der Waals surface area contributed by atoms with Gasteiger partial charge in [-0.1, -0.05) is 29.8 Å². The molecule has 1 fully saturated rings. The van der Waals surface area contributed by atoms with Gasteiger partial charge in [0.1, 0.15) is 12.7 Å². The lowest BCUT2D eigenvalue weighted by Crippen LogP contribution is -2.40. The molecule has 5 nitrogen and oxygen atoms in total. The van der Waals surface area contributed by atoms with Crippen LogP contribution in [0, 0.1) is 12.8 Å². The Morgan fingerprint density at radius 3 is 2.88 bits per heavy atom. The monoisotopic (exact) mass is 326 g/mol. The van der Waals surface area contributed by atoms with Crippen molar-refractivity contribution in [2.45, 2.75) is 45.6 Å². The first-order chi connectivity index (χ1) is 11.7. The Morgan fingerprint density at radius 1 is 1.29 bits per heavy atom. The lowest BCUT2D eigenvalue weighted by Gasteiger charge is -2.33.